The second-order valence-electron chi connectivity index (χ2n) is 3.98. The number of nitriles is 2. The molecule has 0 aliphatic carbocycles. The van der Waals surface area contributed by atoms with Crippen molar-refractivity contribution in [2.45, 2.75) is 5.16 Å². The van der Waals surface area contributed by atoms with Crippen molar-refractivity contribution in [2.75, 3.05) is 23.9 Å². The van der Waals surface area contributed by atoms with Crippen molar-refractivity contribution in [1.29, 1.82) is 10.5 Å². The minimum Gasteiger partial charge on any atom is -0.373 e. The maximum absolute atomic E-state index is 9.04. The van der Waals surface area contributed by atoms with Crippen LogP contribution in [0.15, 0.2) is 29.4 Å². The van der Waals surface area contributed by atoms with Gasteiger partial charge in [0.2, 0.25) is 0 Å². The Labute approximate surface area is 126 Å². The van der Waals surface area contributed by atoms with Gasteiger partial charge in [0.15, 0.2) is 5.16 Å². The van der Waals surface area contributed by atoms with Gasteiger partial charge in [-0.1, -0.05) is 11.8 Å². The van der Waals surface area contributed by atoms with E-state index in [1.165, 1.54) is 11.8 Å². The molecule has 2 rings (SSSR count). The third kappa shape index (κ3) is 3.41. The van der Waals surface area contributed by atoms with E-state index >= 15 is 0 Å². The van der Waals surface area contributed by atoms with Crippen LogP contribution in [0.4, 0.5) is 17.3 Å². The molecule has 0 radical (unpaired) electrons. The lowest BCUT2D eigenvalue weighted by molar-refractivity contribution is 0.977. The third-order valence-corrected chi connectivity index (χ3v) is 3.22. The zero-order valence-electron chi connectivity index (χ0n) is 11.5. The third-order valence-electron chi connectivity index (χ3n) is 2.68. The highest BCUT2D eigenvalue weighted by Crippen LogP contribution is 2.22. The van der Waals surface area contributed by atoms with E-state index in [0.29, 0.717) is 33.6 Å². The Morgan fingerprint density at radius 2 is 1.76 bits per heavy atom. The Kier molecular flexibility index (Phi) is 4.60. The van der Waals surface area contributed by atoms with Gasteiger partial charge in [0.25, 0.3) is 0 Å². The molecule has 0 aliphatic rings. The number of hydrogen-bond acceptors (Lipinski definition) is 7. The number of aromatic nitrogens is 2. The van der Waals surface area contributed by atoms with Crippen molar-refractivity contribution in [3.63, 3.8) is 0 Å². The van der Waals surface area contributed by atoms with E-state index in [1.54, 1.807) is 31.3 Å². The number of nitrogens with zero attached hydrogens (tertiary/aromatic N) is 4. The summed E-state index contributed by atoms with van der Waals surface area (Å²) in [7, 11) is 1.78. The summed E-state index contributed by atoms with van der Waals surface area (Å²) in [4.78, 5) is 8.62. The molecule has 0 amide bonds. The SMILES string of the molecule is CNc1cc(Nc2ccc(C#N)c(C#N)c2)nc(SC)n1. The van der Waals surface area contributed by atoms with Crippen LogP contribution in [0.2, 0.25) is 0 Å². The monoisotopic (exact) mass is 296 g/mol. The summed E-state index contributed by atoms with van der Waals surface area (Å²) < 4.78 is 0. The summed E-state index contributed by atoms with van der Waals surface area (Å²) in [5.41, 5.74) is 1.38. The van der Waals surface area contributed by atoms with Gasteiger partial charge in [-0.2, -0.15) is 10.5 Å². The first-order valence-corrected chi connectivity index (χ1v) is 7.24. The first-order valence-electron chi connectivity index (χ1n) is 6.02. The van der Waals surface area contributed by atoms with Crippen LogP contribution < -0.4 is 10.6 Å². The highest BCUT2D eigenvalue weighted by Gasteiger charge is 2.06. The van der Waals surface area contributed by atoms with Crippen molar-refractivity contribution < 1.29 is 0 Å². The fourth-order valence-electron chi connectivity index (χ4n) is 1.67. The van der Waals surface area contributed by atoms with Gasteiger partial charge in [-0.15, -0.1) is 0 Å². The maximum atomic E-state index is 9.04. The van der Waals surface area contributed by atoms with Crippen LogP contribution in [0.25, 0.3) is 0 Å². The van der Waals surface area contributed by atoms with Gasteiger partial charge in [-0.05, 0) is 24.5 Å². The lowest BCUT2D eigenvalue weighted by Crippen LogP contribution is -2.01. The van der Waals surface area contributed by atoms with Crippen LogP contribution in [0.5, 0.6) is 0 Å². The van der Waals surface area contributed by atoms with E-state index in [-0.39, 0.29) is 0 Å². The smallest absolute Gasteiger partial charge is 0.191 e. The van der Waals surface area contributed by atoms with E-state index in [4.69, 9.17) is 10.5 Å². The van der Waals surface area contributed by atoms with Gasteiger partial charge in [-0.25, -0.2) is 9.97 Å². The van der Waals surface area contributed by atoms with Crippen molar-refractivity contribution in [1.82, 2.24) is 9.97 Å². The normalized spacial score (nSPS) is 9.52. The minimum absolute atomic E-state index is 0.329. The number of rotatable bonds is 4. The summed E-state index contributed by atoms with van der Waals surface area (Å²) in [6.45, 7) is 0. The Morgan fingerprint density at radius 1 is 1.05 bits per heavy atom. The number of benzene rings is 1. The molecule has 0 bridgehead atoms. The van der Waals surface area contributed by atoms with Crippen LogP contribution >= 0.6 is 11.8 Å². The molecular formula is C14H12N6S. The predicted molar refractivity (Wildman–Crippen MR) is 82.5 cm³/mol. The van der Waals surface area contributed by atoms with E-state index < -0.39 is 0 Å². The fraction of sp³-hybridized carbons (Fsp3) is 0.143. The average Bonchev–Trinajstić information content (AvgIpc) is 2.54. The van der Waals surface area contributed by atoms with Gasteiger partial charge < -0.3 is 10.6 Å². The van der Waals surface area contributed by atoms with Gasteiger partial charge in [0.05, 0.1) is 11.1 Å². The highest BCUT2D eigenvalue weighted by molar-refractivity contribution is 7.98. The zero-order valence-corrected chi connectivity index (χ0v) is 12.3. The molecule has 21 heavy (non-hydrogen) atoms. The molecule has 0 saturated heterocycles. The molecule has 6 nitrogen and oxygen atoms in total. The quantitative estimate of drug-likeness (QED) is 0.661. The van der Waals surface area contributed by atoms with Crippen LogP contribution in [0.1, 0.15) is 11.1 Å². The van der Waals surface area contributed by atoms with Crippen molar-refractivity contribution in [3.8, 4) is 12.1 Å². The van der Waals surface area contributed by atoms with Crippen LogP contribution in [0, 0.1) is 22.7 Å². The highest BCUT2D eigenvalue weighted by atomic mass is 32.2. The standard InChI is InChI=1S/C14H12N6S/c1-17-12-6-13(20-14(19-12)21-2)18-11-4-3-9(7-15)10(5-11)8-16/h3-6H,1-2H3,(H2,17,18,19,20). The molecule has 7 heteroatoms. The number of anilines is 3. The molecular weight excluding hydrogens is 284 g/mol. The first-order chi connectivity index (χ1) is 10.2. The van der Waals surface area contributed by atoms with E-state index in [0.717, 1.165) is 0 Å². The minimum atomic E-state index is 0.329. The largest absolute Gasteiger partial charge is 0.373 e. The molecule has 1 aromatic carbocycles. The second kappa shape index (κ2) is 6.60. The summed E-state index contributed by atoms with van der Waals surface area (Å²) in [6.07, 6.45) is 1.90. The summed E-state index contributed by atoms with van der Waals surface area (Å²) >= 11 is 1.44. The summed E-state index contributed by atoms with van der Waals surface area (Å²) in [6, 6.07) is 10.7. The molecule has 104 valence electrons. The zero-order chi connectivity index (χ0) is 15.2. The molecule has 0 saturated carbocycles. The molecule has 0 aliphatic heterocycles. The van der Waals surface area contributed by atoms with Gasteiger partial charge in [-0.3, -0.25) is 0 Å². The molecule has 0 spiro atoms. The van der Waals surface area contributed by atoms with Crippen LogP contribution in [-0.2, 0) is 0 Å². The Balaban J connectivity index is 2.34. The van der Waals surface area contributed by atoms with Crippen LogP contribution in [0.3, 0.4) is 0 Å². The summed E-state index contributed by atoms with van der Waals surface area (Å²) in [5, 5.41) is 24.7. The Hall–Kier alpha value is -2.77. The summed E-state index contributed by atoms with van der Waals surface area (Å²) in [5.74, 6) is 1.32. The molecule has 0 unspecified atom stereocenters. The number of hydrogen-bond donors (Lipinski definition) is 2. The fourth-order valence-corrected chi connectivity index (χ4v) is 2.05. The van der Waals surface area contributed by atoms with Crippen molar-refractivity contribution in [3.05, 3.63) is 35.4 Å². The molecule has 1 heterocycles. The van der Waals surface area contributed by atoms with Gasteiger partial charge in [0.1, 0.15) is 23.8 Å². The van der Waals surface area contributed by atoms with Crippen molar-refractivity contribution in [2.24, 2.45) is 0 Å². The van der Waals surface area contributed by atoms with E-state index in [1.807, 2.05) is 18.4 Å². The van der Waals surface area contributed by atoms with Gasteiger partial charge in [0, 0.05) is 18.8 Å². The van der Waals surface area contributed by atoms with E-state index in [9.17, 15) is 0 Å². The lowest BCUT2D eigenvalue weighted by Gasteiger charge is -2.09. The molecule has 2 aromatic rings. The number of nitrogens with one attached hydrogen (secondary N) is 2. The first kappa shape index (κ1) is 14.6. The average molecular weight is 296 g/mol. The second-order valence-corrected chi connectivity index (χ2v) is 4.76. The predicted octanol–water partition coefficient (Wildman–Crippen LogP) is 2.73. The molecule has 1 aromatic heterocycles. The molecule has 0 fully saturated rings. The van der Waals surface area contributed by atoms with Crippen LogP contribution in [-0.4, -0.2) is 23.3 Å². The number of thioether (sulfide) groups is 1. The Bertz CT molecular complexity index is 722. The molecule has 2 N–H and O–H groups in total. The molecule has 0 atom stereocenters. The van der Waals surface area contributed by atoms with E-state index in [2.05, 4.69) is 20.6 Å². The maximum Gasteiger partial charge on any atom is 0.191 e. The van der Waals surface area contributed by atoms with Gasteiger partial charge >= 0.3 is 0 Å². The topological polar surface area (TPSA) is 97.4 Å². The van der Waals surface area contributed by atoms with Crippen molar-refractivity contribution >= 4 is 29.1 Å². The lowest BCUT2D eigenvalue weighted by atomic mass is 10.1. The Morgan fingerprint density at radius 3 is 2.38 bits per heavy atom.